The summed E-state index contributed by atoms with van der Waals surface area (Å²) in [7, 11) is 3.72. The SMILES string of the molecule is CCC(=O)c1sc(N2CCN(C)CC2)c(OC)c1N. The molecule has 5 nitrogen and oxygen atoms in total. The number of rotatable bonds is 4. The number of methoxy groups -OCH3 is 1. The molecule has 1 aromatic heterocycles. The molecule has 1 saturated heterocycles. The molecular weight excluding hydrogens is 262 g/mol. The molecule has 6 heteroatoms. The van der Waals surface area contributed by atoms with Crippen molar-refractivity contribution in [2.24, 2.45) is 0 Å². The lowest BCUT2D eigenvalue weighted by atomic mass is 10.2. The van der Waals surface area contributed by atoms with E-state index >= 15 is 0 Å². The zero-order valence-corrected chi connectivity index (χ0v) is 12.5. The van der Waals surface area contributed by atoms with Gasteiger partial charge in [0, 0.05) is 32.6 Å². The Bertz CT molecular complexity index is 465. The highest BCUT2D eigenvalue weighted by molar-refractivity contribution is 7.19. The Kier molecular flexibility index (Phi) is 4.31. The van der Waals surface area contributed by atoms with E-state index in [9.17, 15) is 4.79 Å². The Morgan fingerprint density at radius 1 is 1.37 bits per heavy atom. The minimum Gasteiger partial charge on any atom is -0.492 e. The van der Waals surface area contributed by atoms with Gasteiger partial charge in [0.15, 0.2) is 11.5 Å². The molecule has 1 aliphatic heterocycles. The number of nitrogens with zero attached hydrogens (tertiary/aromatic N) is 2. The summed E-state index contributed by atoms with van der Waals surface area (Å²) in [5.74, 6) is 0.743. The summed E-state index contributed by atoms with van der Waals surface area (Å²) in [6.07, 6.45) is 0.468. The number of nitrogen functional groups attached to an aromatic ring is 1. The van der Waals surface area contributed by atoms with Crippen LogP contribution in [0.4, 0.5) is 10.7 Å². The van der Waals surface area contributed by atoms with Gasteiger partial charge in [-0.05, 0) is 7.05 Å². The van der Waals surface area contributed by atoms with Gasteiger partial charge in [-0.15, -0.1) is 11.3 Å². The van der Waals surface area contributed by atoms with Crippen molar-refractivity contribution in [1.82, 2.24) is 4.90 Å². The first-order chi connectivity index (χ1) is 9.08. The maximum atomic E-state index is 11.9. The van der Waals surface area contributed by atoms with Gasteiger partial charge in [-0.3, -0.25) is 4.79 Å². The minimum absolute atomic E-state index is 0.0844. The maximum Gasteiger partial charge on any atom is 0.177 e. The zero-order chi connectivity index (χ0) is 14.0. The number of Topliss-reactive ketones (excluding diaryl/α,β-unsaturated/α-hetero) is 1. The topological polar surface area (TPSA) is 58.8 Å². The molecule has 1 aromatic rings. The third-order valence-corrected chi connectivity index (χ3v) is 4.74. The molecule has 106 valence electrons. The number of piperazine rings is 1. The zero-order valence-electron chi connectivity index (χ0n) is 11.7. The van der Waals surface area contributed by atoms with Crippen LogP contribution in [0.5, 0.6) is 5.75 Å². The van der Waals surface area contributed by atoms with Gasteiger partial charge >= 0.3 is 0 Å². The molecule has 0 aromatic carbocycles. The van der Waals surface area contributed by atoms with E-state index < -0.39 is 0 Å². The Morgan fingerprint density at radius 3 is 2.53 bits per heavy atom. The number of thiophene rings is 1. The molecule has 0 saturated carbocycles. The first-order valence-electron chi connectivity index (χ1n) is 6.51. The van der Waals surface area contributed by atoms with E-state index in [1.807, 2.05) is 6.92 Å². The molecular formula is C13H21N3O2S. The molecule has 2 N–H and O–H groups in total. The van der Waals surface area contributed by atoms with Crippen LogP contribution in [0.15, 0.2) is 0 Å². The summed E-state index contributed by atoms with van der Waals surface area (Å²) in [5, 5.41) is 0.991. The molecule has 2 rings (SSSR count). The number of nitrogens with two attached hydrogens (primary N) is 1. The maximum absolute atomic E-state index is 11.9. The Morgan fingerprint density at radius 2 is 2.00 bits per heavy atom. The van der Waals surface area contributed by atoms with Gasteiger partial charge in [-0.1, -0.05) is 6.92 Å². The fourth-order valence-corrected chi connectivity index (χ4v) is 3.45. The molecule has 0 amide bonds. The second-order valence-electron chi connectivity index (χ2n) is 4.75. The van der Waals surface area contributed by atoms with Crippen molar-refractivity contribution in [2.45, 2.75) is 13.3 Å². The number of ketones is 1. The summed E-state index contributed by atoms with van der Waals surface area (Å²) in [4.78, 5) is 17.1. The lowest BCUT2D eigenvalue weighted by Gasteiger charge is -2.33. The van der Waals surface area contributed by atoms with E-state index in [2.05, 4.69) is 16.8 Å². The van der Waals surface area contributed by atoms with Crippen molar-refractivity contribution in [2.75, 3.05) is 51.0 Å². The van der Waals surface area contributed by atoms with Gasteiger partial charge in [0.1, 0.15) is 5.00 Å². The van der Waals surface area contributed by atoms with E-state index in [1.54, 1.807) is 7.11 Å². The molecule has 0 radical (unpaired) electrons. The predicted octanol–water partition coefficient (Wildman–Crippen LogP) is 1.68. The molecule has 0 atom stereocenters. The molecule has 2 heterocycles. The van der Waals surface area contributed by atoms with Gasteiger partial charge in [0.2, 0.25) is 0 Å². The highest BCUT2D eigenvalue weighted by Crippen LogP contribution is 2.45. The largest absolute Gasteiger partial charge is 0.492 e. The molecule has 0 aliphatic carbocycles. The summed E-state index contributed by atoms with van der Waals surface area (Å²) >= 11 is 1.46. The lowest BCUT2D eigenvalue weighted by molar-refractivity contribution is 0.0992. The average Bonchev–Trinajstić information content (AvgIpc) is 2.75. The smallest absolute Gasteiger partial charge is 0.177 e. The Labute approximate surface area is 117 Å². The van der Waals surface area contributed by atoms with Crippen LogP contribution in [-0.2, 0) is 0 Å². The van der Waals surface area contributed by atoms with Crippen molar-refractivity contribution in [3.05, 3.63) is 4.88 Å². The van der Waals surface area contributed by atoms with Crippen LogP contribution in [-0.4, -0.2) is 51.0 Å². The third kappa shape index (κ3) is 2.69. The van der Waals surface area contributed by atoms with Gasteiger partial charge in [-0.2, -0.15) is 0 Å². The van der Waals surface area contributed by atoms with Crippen LogP contribution in [0.1, 0.15) is 23.0 Å². The fourth-order valence-electron chi connectivity index (χ4n) is 2.20. The third-order valence-electron chi connectivity index (χ3n) is 3.45. The summed E-state index contributed by atoms with van der Waals surface area (Å²) in [6.45, 7) is 5.75. The van der Waals surface area contributed by atoms with Crippen molar-refractivity contribution in [3.63, 3.8) is 0 Å². The second-order valence-corrected chi connectivity index (χ2v) is 5.75. The highest BCUT2D eigenvalue weighted by atomic mass is 32.1. The second kappa shape index (κ2) is 5.79. The average molecular weight is 283 g/mol. The van der Waals surface area contributed by atoms with E-state index in [0.717, 1.165) is 31.2 Å². The molecule has 0 spiro atoms. The molecule has 0 bridgehead atoms. The van der Waals surface area contributed by atoms with Crippen molar-refractivity contribution >= 4 is 27.8 Å². The van der Waals surface area contributed by atoms with E-state index in [1.165, 1.54) is 11.3 Å². The van der Waals surface area contributed by atoms with Crippen LogP contribution in [0.25, 0.3) is 0 Å². The standard InChI is InChI=1S/C13H21N3O2S/c1-4-9(17)12-10(14)11(18-3)13(19-12)16-7-5-15(2)6-8-16/h4-8,14H2,1-3H3. The fraction of sp³-hybridized carbons (Fsp3) is 0.615. The quantitative estimate of drug-likeness (QED) is 0.852. The number of hydrogen-bond donors (Lipinski definition) is 1. The molecule has 1 aliphatic rings. The van der Waals surface area contributed by atoms with E-state index in [4.69, 9.17) is 10.5 Å². The normalized spacial score (nSPS) is 16.7. The first kappa shape index (κ1) is 14.1. The molecule has 1 fully saturated rings. The first-order valence-corrected chi connectivity index (χ1v) is 7.33. The van der Waals surface area contributed by atoms with E-state index in [0.29, 0.717) is 22.7 Å². The van der Waals surface area contributed by atoms with Gasteiger partial charge in [0.05, 0.1) is 17.7 Å². The van der Waals surface area contributed by atoms with Gasteiger partial charge in [-0.25, -0.2) is 0 Å². The van der Waals surface area contributed by atoms with Crippen molar-refractivity contribution < 1.29 is 9.53 Å². The summed E-state index contributed by atoms with van der Waals surface area (Å²) < 4.78 is 5.41. The van der Waals surface area contributed by atoms with Crippen molar-refractivity contribution in [3.8, 4) is 5.75 Å². The summed E-state index contributed by atoms with van der Waals surface area (Å²) in [5.41, 5.74) is 6.55. The number of carbonyl (C=O) groups is 1. The predicted molar refractivity (Wildman–Crippen MR) is 79.6 cm³/mol. The van der Waals surface area contributed by atoms with Gasteiger partial charge < -0.3 is 20.3 Å². The number of hydrogen-bond acceptors (Lipinski definition) is 6. The number of carbonyl (C=O) groups excluding carboxylic acids is 1. The number of ether oxygens (including phenoxy) is 1. The van der Waals surface area contributed by atoms with Crippen LogP contribution in [0.2, 0.25) is 0 Å². The van der Waals surface area contributed by atoms with Crippen LogP contribution in [0.3, 0.4) is 0 Å². The van der Waals surface area contributed by atoms with Gasteiger partial charge in [0.25, 0.3) is 0 Å². The highest BCUT2D eigenvalue weighted by Gasteiger charge is 2.26. The summed E-state index contributed by atoms with van der Waals surface area (Å²) in [6, 6.07) is 0. The van der Waals surface area contributed by atoms with Crippen LogP contribution >= 0.6 is 11.3 Å². The van der Waals surface area contributed by atoms with Crippen LogP contribution in [0, 0.1) is 0 Å². The number of likely N-dealkylation sites (N-methyl/N-ethyl adjacent to an activating group) is 1. The lowest BCUT2D eigenvalue weighted by Crippen LogP contribution is -2.44. The molecule has 19 heavy (non-hydrogen) atoms. The van der Waals surface area contributed by atoms with Crippen molar-refractivity contribution in [1.29, 1.82) is 0 Å². The Balaban J connectivity index is 2.32. The van der Waals surface area contributed by atoms with Crippen LogP contribution < -0.4 is 15.4 Å². The monoisotopic (exact) mass is 283 g/mol. The minimum atomic E-state index is 0.0844. The van der Waals surface area contributed by atoms with E-state index in [-0.39, 0.29) is 5.78 Å². The Hall–Kier alpha value is -1.27. The molecule has 0 unspecified atom stereocenters. The number of anilines is 2.